The second-order valence-corrected chi connectivity index (χ2v) is 8.67. The maximum Gasteiger partial charge on any atom is 0.273 e. The van der Waals surface area contributed by atoms with Crippen molar-refractivity contribution in [1.29, 1.82) is 0 Å². The van der Waals surface area contributed by atoms with Crippen LogP contribution in [-0.4, -0.2) is 32.7 Å². The Balaban J connectivity index is 1.67. The number of rotatable bonds is 7. The van der Waals surface area contributed by atoms with Gasteiger partial charge in [0.2, 0.25) is 0 Å². The van der Waals surface area contributed by atoms with Crippen molar-refractivity contribution in [3.8, 4) is 22.8 Å². The average Bonchev–Trinajstić information content (AvgIpc) is 3.55. The lowest BCUT2D eigenvalue weighted by Gasteiger charge is -2.26. The number of hydrogen-bond acceptors (Lipinski definition) is 5. The number of phenols is 1. The van der Waals surface area contributed by atoms with Gasteiger partial charge in [-0.2, -0.15) is 5.10 Å². The highest BCUT2D eigenvalue weighted by Crippen LogP contribution is 2.46. The van der Waals surface area contributed by atoms with Crippen LogP contribution in [0.5, 0.6) is 11.5 Å². The van der Waals surface area contributed by atoms with Crippen LogP contribution in [0.3, 0.4) is 0 Å². The first-order valence-corrected chi connectivity index (χ1v) is 11.4. The van der Waals surface area contributed by atoms with E-state index in [4.69, 9.17) is 9.15 Å². The third kappa shape index (κ3) is 3.73. The lowest BCUT2D eigenvalue weighted by atomic mass is 9.94. The zero-order valence-electron chi connectivity index (χ0n) is 19.5. The quantitative estimate of drug-likeness (QED) is 0.381. The van der Waals surface area contributed by atoms with Crippen molar-refractivity contribution in [2.75, 3.05) is 6.61 Å². The number of hydrogen-bond donors (Lipinski definition) is 2. The van der Waals surface area contributed by atoms with Gasteiger partial charge in [-0.15, -0.1) is 0 Å². The number of carbonyl (C=O) groups is 1. The number of carbonyl (C=O) groups excluding carboxylic acids is 1. The Hall–Kier alpha value is -4.00. The van der Waals surface area contributed by atoms with Gasteiger partial charge < -0.3 is 19.2 Å². The zero-order chi connectivity index (χ0) is 23.8. The van der Waals surface area contributed by atoms with Crippen molar-refractivity contribution in [1.82, 2.24) is 15.1 Å². The molecular weight excluding hydrogens is 430 g/mol. The van der Waals surface area contributed by atoms with Gasteiger partial charge in [-0.1, -0.05) is 25.1 Å². The van der Waals surface area contributed by atoms with Gasteiger partial charge in [0.1, 0.15) is 28.6 Å². The molecule has 1 unspecified atom stereocenters. The summed E-state index contributed by atoms with van der Waals surface area (Å²) in [5.74, 6) is 1.43. The number of nitrogens with one attached hydrogen (secondary N) is 1. The van der Waals surface area contributed by atoms with E-state index in [9.17, 15) is 9.90 Å². The fraction of sp³-hybridized carbons (Fsp3) is 0.259. The molecule has 5 rings (SSSR count). The minimum absolute atomic E-state index is 0.163. The second kappa shape index (κ2) is 8.74. The Kier molecular flexibility index (Phi) is 5.61. The van der Waals surface area contributed by atoms with Crippen LogP contribution in [0.15, 0.2) is 59.2 Å². The summed E-state index contributed by atoms with van der Waals surface area (Å²) < 4.78 is 11.4. The van der Waals surface area contributed by atoms with E-state index < -0.39 is 6.04 Å². The van der Waals surface area contributed by atoms with Crippen molar-refractivity contribution in [2.24, 2.45) is 0 Å². The number of aryl methyl sites for hydroxylation is 2. The van der Waals surface area contributed by atoms with E-state index in [0.717, 1.165) is 34.4 Å². The monoisotopic (exact) mass is 457 g/mol. The molecule has 1 aliphatic rings. The van der Waals surface area contributed by atoms with Gasteiger partial charge in [0.15, 0.2) is 0 Å². The molecule has 7 nitrogen and oxygen atoms in total. The highest BCUT2D eigenvalue weighted by Gasteiger charge is 2.43. The fourth-order valence-electron chi connectivity index (χ4n) is 4.62. The minimum Gasteiger partial charge on any atom is -0.507 e. The van der Waals surface area contributed by atoms with Gasteiger partial charge in [0.25, 0.3) is 5.91 Å². The third-order valence-corrected chi connectivity index (χ3v) is 6.12. The SMILES string of the molecule is CCCOc1cccc(C2c3c(-c4cc(C)cc(C)c4O)n[nH]c3C(=O)N2Cc2ccco2)c1. The molecule has 34 heavy (non-hydrogen) atoms. The molecular formula is C27H27N3O4. The smallest absolute Gasteiger partial charge is 0.273 e. The normalized spacial score (nSPS) is 15.1. The van der Waals surface area contributed by atoms with Crippen LogP contribution in [-0.2, 0) is 6.54 Å². The molecule has 2 aromatic heterocycles. The number of furan rings is 1. The number of aromatic nitrogens is 2. The molecule has 1 atom stereocenters. The van der Waals surface area contributed by atoms with Crippen LogP contribution in [0.1, 0.15) is 57.9 Å². The Bertz CT molecular complexity index is 1340. The molecule has 0 saturated carbocycles. The van der Waals surface area contributed by atoms with Crippen molar-refractivity contribution in [3.63, 3.8) is 0 Å². The first-order chi connectivity index (χ1) is 16.5. The van der Waals surface area contributed by atoms with Crippen molar-refractivity contribution < 1.29 is 19.1 Å². The summed E-state index contributed by atoms with van der Waals surface area (Å²) in [6.45, 7) is 6.81. The first kappa shape index (κ1) is 21.8. The number of benzene rings is 2. The van der Waals surface area contributed by atoms with Crippen molar-refractivity contribution in [2.45, 2.75) is 39.8 Å². The molecule has 4 aromatic rings. The molecule has 0 saturated heterocycles. The molecule has 0 bridgehead atoms. The van der Waals surface area contributed by atoms with E-state index in [-0.39, 0.29) is 11.7 Å². The molecule has 1 amide bonds. The summed E-state index contributed by atoms with van der Waals surface area (Å²) in [5, 5.41) is 18.3. The number of nitrogens with zero attached hydrogens (tertiary/aromatic N) is 2. The van der Waals surface area contributed by atoms with E-state index in [1.165, 1.54) is 0 Å². The molecule has 0 spiro atoms. The standard InChI is InChI=1S/C27H27N3O4/c1-4-10-33-19-8-5-7-18(14-19)25-22-23(21-13-16(2)12-17(3)26(21)31)28-29-24(22)27(32)30(25)15-20-9-6-11-34-20/h5-9,11-14,25,31H,4,10,15H2,1-3H3,(H,28,29). The Morgan fingerprint density at radius 2 is 2.03 bits per heavy atom. The molecule has 2 N–H and O–H groups in total. The predicted octanol–water partition coefficient (Wildman–Crippen LogP) is 5.53. The van der Waals surface area contributed by atoms with Crippen LogP contribution in [0.4, 0.5) is 0 Å². The highest BCUT2D eigenvalue weighted by molar-refractivity contribution is 6.00. The number of amides is 1. The summed E-state index contributed by atoms with van der Waals surface area (Å²) in [5.41, 5.74) is 5.00. The lowest BCUT2D eigenvalue weighted by Crippen LogP contribution is -2.29. The van der Waals surface area contributed by atoms with Crippen LogP contribution in [0.2, 0.25) is 0 Å². The predicted molar refractivity (Wildman–Crippen MR) is 128 cm³/mol. The fourth-order valence-corrected chi connectivity index (χ4v) is 4.62. The summed E-state index contributed by atoms with van der Waals surface area (Å²) in [4.78, 5) is 15.3. The number of fused-ring (bicyclic) bond motifs is 1. The largest absolute Gasteiger partial charge is 0.507 e. The Labute approximate surface area is 198 Å². The number of H-pyrrole nitrogens is 1. The van der Waals surface area contributed by atoms with E-state index in [1.54, 1.807) is 11.2 Å². The second-order valence-electron chi connectivity index (χ2n) is 8.67. The maximum atomic E-state index is 13.5. The molecule has 0 fully saturated rings. The number of phenolic OH excluding ortho intramolecular Hbond substituents is 1. The van der Waals surface area contributed by atoms with E-state index >= 15 is 0 Å². The average molecular weight is 458 g/mol. The molecule has 3 heterocycles. The van der Waals surface area contributed by atoms with Gasteiger partial charge in [0, 0.05) is 11.1 Å². The third-order valence-electron chi connectivity index (χ3n) is 6.12. The molecule has 0 aliphatic carbocycles. The van der Waals surface area contributed by atoms with E-state index in [0.29, 0.717) is 35.9 Å². The number of ether oxygens (including phenoxy) is 1. The molecule has 1 aliphatic heterocycles. The summed E-state index contributed by atoms with van der Waals surface area (Å²) in [6, 6.07) is 14.9. The van der Waals surface area contributed by atoms with Crippen molar-refractivity contribution in [3.05, 3.63) is 88.5 Å². The van der Waals surface area contributed by atoms with E-state index in [1.807, 2.05) is 62.4 Å². The van der Waals surface area contributed by atoms with Crippen molar-refractivity contribution >= 4 is 5.91 Å². The van der Waals surface area contributed by atoms with Crippen LogP contribution in [0, 0.1) is 13.8 Å². The topological polar surface area (TPSA) is 91.6 Å². The van der Waals surface area contributed by atoms with Crippen LogP contribution < -0.4 is 4.74 Å². The Morgan fingerprint density at radius 1 is 1.18 bits per heavy atom. The van der Waals surface area contributed by atoms with Gasteiger partial charge in [-0.25, -0.2) is 0 Å². The molecule has 2 aromatic carbocycles. The van der Waals surface area contributed by atoms with E-state index in [2.05, 4.69) is 17.1 Å². The number of aromatic amines is 1. The van der Waals surface area contributed by atoms with Gasteiger partial charge >= 0.3 is 0 Å². The summed E-state index contributed by atoms with van der Waals surface area (Å²) in [7, 11) is 0. The summed E-state index contributed by atoms with van der Waals surface area (Å²) >= 11 is 0. The first-order valence-electron chi connectivity index (χ1n) is 11.4. The van der Waals surface area contributed by atoms with Gasteiger partial charge in [-0.05, 0) is 67.3 Å². The maximum absolute atomic E-state index is 13.5. The zero-order valence-corrected chi connectivity index (χ0v) is 19.5. The summed E-state index contributed by atoms with van der Waals surface area (Å²) in [6.07, 6.45) is 2.50. The van der Waals surface area contributed by atoms with Crippen LogP contribution in [0.25, 0.3) is 11.3 Å². The molecule has 7 heteroatoms. The highest BCUT2D eigenvalue weighted by atomic mass is 16.5. The molecule has 174 valence electrons. The Morgan fingerprint density at radius 3 is 2.79 bits per heavy atom. The van der Waals surface area contributed by atoms with Gasteiger partial charge in [-0.3, -0.25) is 9.89 Å². The number of aromatic hydroxyl groups is 1. The lowest BCUT2D eigenvalue weighted by molar-refractivity contribution is 0.0716. The van der Waals surface area contributed by atoms with Gasteiger partial charge in [0.05, 0.1) is 25.5 Å². The minimum atomic E-state index is -0.424. The van der Waals surface area contributed by atoms with Crippen LogP contribution >= 0.6 is 0 Å². The molecule has 0 radical (unpaired) electrons.